The van der Waals surface area contributed by atoms with Crippen LogP contribution in [0.5, 0.6) is 0 Å². The van der Waals surface area contributed by atoms with Crippen molar-refractivity contribution in [2.45, 2.75) is 37.3 Å². The minimum Gasteiger partial charge on any atom is -0.351 e. The lowest BCUT2D eigenvalue weighted by molar-refractivity contribution is -0.120. The van der Waals surface area contributed by atoms with Crippen molar-refractivity contribution < 1.29 is 9.59 Å². The molecule has 0 bridgehead atoms. The fourth-order valence-electron chi connectivity index (χ4n) is 3.92. The normalized spacial score (nSPS) is 20.0. The molecule has 1 aromatic carbocycles. The Hall–Kier alpha value is -2.34. The molecule has 5 nitrogen and oxygen atoms in total. The molecule has 2 N–H and O–H groups in total. The Morgan fingerprint density at radius 3 is 2.50 bits per heavy atom. The van der Waals surface area contributed by atoms with Gasteiger partial charge in [0, 0.05) is 29.9 Å². The first-order valence-electron chi connectivity index (χ1n) is 9.10. The van der Waals surface area contributed by atoms with Gasteiger partial charge in [-0.05, 0) is 36.3 Å². The highest BCUT2D eigenvalue weighted by Crippen LogP contribution is 2.32. The van der Waals surface area contributed by atoms with Crippen LogP contribution in [0.1, 0.15) is 42.2 Å². The zero-order chi connectivity index (χ0) is 18.0. The second-order valence-corrected chi connectivity index (χ2v) is 8.10. The Bertz CT molecular complexity index is 768. The maximum absolute atomic E-state index is 12.9. The van der Waals surface area contributed by atoms with Gasteiger partial charge < -0.3 is 15.5 Å². The van der Waals surface area contributed by atoms with Crippen molar-refractivity contribution in [2.75, 3.05) is 13.1 Å². The number of benzene rings is 1. The highest BCUT2D eigenvalue weighted by Gasteiger charge is 2.41. The van der Waals surface area contributed by atoms with E-state index in [1.165, 1.54) is 0 Å². The summed E-state index contributed by atoms with van der Waals surface area (Å²) in [6.07, 6.45) is 3.17. The van der Waals surface area contributed by atoms with Crippen LogP contribution in [0.3, 0.4) is 0 Å². The van der Waals surface area contributed by atoms with E-state index in [1.54, 1.807) is 11.3 Å². The number of amides is 3. The zero-order valence-corrected chi connectivity index (χ0v) is 15.4. The molecule has 2 aliphatic rings. The monoisotopic (exact) mass is 369 g/mol. The van der Waals surface area contributed by atoms with Gasteiger partial charge >= 0.3 is 6.03 Å². The van der Waals surface area contributed by atoms with E-state index in [2.05, 4.69) is 16.7 Å². The third kappa shape index (κ3) is 3.46. The molecular weight excluding hydrogens is 346 g/mol. The minimum absolute atomic E-state index is 0.0357. The topological polar surface area (TPSA) is 61.4 Å². The van der Waals surface area contributed by atoms with Gasteiger partial charge in [0.25, 0.3) is 0 Å². The average Bonchev–Trinajstić information content (AvgIpc) is 3.31. The summed E-state index contributed by atoms with van der Waals surface area (Å²) in [5.41, 5.74) is 1.00. The Morgan fingerprint density at radius 1 is 1.12 bits per heavy atom. The van der Waals surface area contributed by atoms with Crippen LogP contribution in [0, 0.1) is 0 Å². The van der Waals surface area contributed by atoms with Crippen molar-refractivity contribution >= 4 is 23.3 Å². The number of nitrogens with one attached hydrogen (secondary N) is 2. The van der Waals surface area contributed by atoms with E-state index < -0.39 is 0 Å². The summed E-state index contributed by atoms with van der Waals surface area (Å²) in [7, 11) is 0. The van der Waals surface area contributed by atoms with E-state index in [0.29, 0.717) is 19.5 Å². The van der Waals surface area contributed by atoms with Crippen LogP contribution >= 0.6 is 11.3 Å². The molecule has 2 aromatic rings. The van der Waals surface area contributed by atoms with E-state index in [1.807, 2.05) is 46.7 Å². The molecule has 2 aliphatic heterocycles. The molecular formula is C20H23N3O2S. The van der Waals surface area contributed by atoms with Crippen molar-refractivity contribution in [1.82, 2.24) is 15.5 Å². The Balaban J connectivity index is 1.44. The largest absolute Gasteiger partial charge is 0.351 e. The molecule has 1 aromatic heterocycles. The molecule has 26 heavy (non-hydrogen) atoms. The Kier molecular flexibility index (Phi) is 4.68. The number of thiophene rings is 1. The minimum atomic E-state index is -0.134. The zero-order valence-electron chi connectivity index (χ0n) is 14.6. The van der Waals surface area contributed by atoms with Gasteiger partial charge in [0.2, 0.25) is 5.91 Å². The first-order valence-corrected chi connectivity index (χ1v) is 9.98. The number of hydrogen-bond donors (Lipinski definition) is 2. The van der Waals surface area contributed by atoms with Crippen LogP contribution < -0.4 is 10.6 Å². The molecule has 3 amide bonds. The third-order valence-corrected chi connectivity index (χ3v) is 6.41. The maximum atomic E-state index is 12.9. The van der Waals surface area contributed by atoms with Gasteiger partial charge in [-0.15, -0.1) is 11.3 Å². The second-order valence-electron chi connectivity index (χ2n) is 7.12. The van der Waals surface area contributed by atoms with Gasteiger partial charge in [-0.25, -0.2) is 4.79 Å². The molecule has 1 atom stereocenters. The van der Waals surface area contributed by atoms with E-state index in [0.717, 1.165) is 29.7 Å². The molecule has 2 fully saturated rings. The molecule has 3 heterocycles. The molecule has 1 unspecified atom stereocenters. The van der Waals surface area contributed by atoms with Crippen LogP contribution in [0.25, 0.3) is 0 Å². The molecule has 1 spiro atoms. The number of carbonyl (C=O) groups is 2. The van der Waals surface area contributed by atoms with Crippen LogP contribution in [-0.2, 0) is 4.79 Å². The molecule has 0 aliphatic carbocycles. The van der Waals surface area contributed by atoms with Gasteiger partial charge in [-0.2, -0.15) is 0 Å². The lowest BCUT2D eigenvalue weighted by atomic mass is 9.86. The van der Waals surface area contributed by atoms with Gasteiger partial charge in [0.15, 0.2) is 0 Å². The molecule has 2 saturated heterocycles. The standard InChI is InChI=1S/C20H23N3O2S/c24-17-8-9-20(22-17)10-12-23(13-11-20)19(25)21-18(16-7-4-14-26-16)15-5-2-1-3-6-15/h1-7,14,18H,8-13H2,(H,21,25)(H,22,24). The van der Waals surface area contributed by atoms with Crippen molar-refractivity contribution in [1.29, 1.82) is 0 Å². The molecule has 4 rings (SSSR count). The average molecular weight is 369 g/mol. The summed E-state index contributed by atoms with van der Waals surface area (Å²) in [4.78, 5) is 27.4. The highest BCUT2D eigenvalue weighted by molar-refractivity contribution is 7.10. The van der Waals surface area contributed by atoms with Gasteiger partial charge in [-0.3, -0.25) is 4.79 Å². The van der Waals surface area contributed by atoms with Crippen LogP contribution in [-0.4, -0.2) is 35.5 Å². The first kappa shape index (κ1) is 17.1. The van der Waals surface area contributed by atoms with Crippen molar-refractivity contribution in [2.24, 2.45) is 0 Å². The number of urea groups is 1. The summed E-state index contributed by atoms with van der Waals surface area (Å²) in [6, 6.07) is 14.0. The highest BCUT2D eigenvalue weighted by atomic mass is 32.1. The SMILES string of the molecule is O=C1CCC2(CCN(C(=O)NC(c3ccccc3)c3cccs3)CC2)N1. The summed E-state index contributed by atoms with van der Waals surface area (Å²) in [5, 5.41) is 8.36. The fraction of sp³-hybridized carbons (Fsp3) is 0.400. The lowest BCUT2D eigenvalue weighted by Crippen LogP contribution is -2.54. The molecule has 6 heteroatoms. The predicted molar refractivity (Wildman–Crippen MR) is 102 cm³/mol. The number of piperidine rings is 1. The summed E-state index contributed by atoms with van der Waals surface area (Å²) >= 11 is 1.65. The van der Waals surface area contributed by atoms with Gasteiger partial charge in [-0.1, -0.05) is 36.4 Å². The third-order valence-electron chi connectivity index (χ3n) is 5.47. The van der Waals surface area contributed by atoms with E-state index in [9.17, 15) is 9.59 Å². The van der Waals surface area contributed by atoms with Crippen LogP contribution in [0.2, 0.25) is 0 Å². The van der Waals surface area contributed by atoms with Crippen LogP contribution in [0.15, 0.2) is 47.8 Å². The molecule has 0 saturated carbocycles. The number of carbonyl (C=O) groups excluding carboxylic acids is 2. The summed E-state index contributed by atoms with van der Waals surface area (Å²) < 4.78 is 0. The van der Waals surface area contributed by atoms with E-state index in [4.69, 9.17) is 0 Å². The molecule has 136 valence electrons. The Labute approximate surface area is 157 Å². The number of nitrogens with zero attached hydrogens (tertiary/aromatic N) is 1. The predicted octanol–water partition coefficient (Wildman–Crippen LogP) is 3.29. The first-order chi connectivity index (χ1) is 12.7. The number of rotatable bonds is 3. The summed E-state index contributed by atoms with van der Waals surface area (Å²) in [6.45, 7) is 1.36. The van der Waals surface area contributed by atoms with E-state index >= 15 is 0 Å². The number of likely N-dealkylation sites (tertiary alicyclic amines) is 1. The van der Waals surface area contributed by atoms with Gasteiger partial charge in [0.1, 0.15) is 0 Å². The van der Waals surface area contributed by atoms with E-state index in [-0.39, 0.29) is 23.5 Å². The van der Waals surface area contributed by atoms with Crippen molar-refractivity contribution in [3.8, 4) is 0 Å². The number of hydrogen-bond acceptors (Lipinski definition) is 3. The fourth-order valence-corrected chi connectivity index (χ4v) is 4.72. The Morgan fingerprint density at radius 2 is 1.88 bits per heavy atom. The second kappa shape index (κ2) is 7.11. The smallest absolute Gasteiger partial charge is 0.318 e. The van der Waals surface area contributed by atoms with Crippen molar-refractivity contribution in [3.63, 3.8) is 0 Å². The quantitative estimate of drug-likeness (QED) is 0.872. The molecule has 0 radical (unpaired) electrons. The van der Waals surface area contributed by atoms with Crippen LogP contribution in [0.4, 0.5) is 4.79 Å². The van der Waals surface area contributed by atoms with Crippen molar-refractivity contribution in [3.05, 3.63) is 58.3 Å². The lowest BCUT2D eigenvalue weighted by Gasteiger charge is -2.39. The maximum Gasteiger partial charge on any atom is 0.318 e. The summed E-state index contributed by atoms with van der Waals surface area (Å²) in [5.74, 6) is 0.143. The van der Waals surface area contributed by atoms with Gasteiger partial charge in [0.05, 0.1) is 6.04 Å².